The van der Waals surface area contributed by atoms with Crippen molar-refractivity contribution in [2.24, 2.45) is 0 Å². The Balaban J connectivity index is 2.38. The van der Waals surface area contributed by atoms with Crippen molar-refractivity contribution in [1.82, 2.24) is 9.97 Å². The molecular weight excluding hydrogens is 298 g/mol. The van der Waals surface area contributed by atoms with Crippen LogP contribution < -0.4 is 5.32 Å². The number of anilines is 1. The fourth-order valence-corrected chi connectivity index (χ4v) is 1.83. The van der Waals surface area contributed by atoms with Gasteiger partial charge in [-0.1, -0.05) is 17.5 Å². The summed E-state index contributed by atoms with van der Waals surface area (Å²) in [6.07, 6.45) is 6.55. The van der Waals surface area contributed by atoms with Crippen LogP contribution in [0, 0.1) is 12.3 Å². The van der Waals surface area contributed by atoms with Crippen molar-refractivity contribution >= 4 is 45.1 Å². The van der Waals surface area contributed by atoms with E-state index in [4.69, 9.17) is 18.0 Å². The summed E-state index contributed by atoms with van der Waals surface area (Å²) in [5.74, 6) is 4.93. The first-order chi connectivity index (χ1) is 7.25. The molecule has 0 saturated carbocycles. The second-order valence-electron chi connectivity index (χ2n) is 2.51. The average Bonchev–Trinajstić information content (AvgIpc) is 2.24. The van der Waals surface area contributed by atoms with Crippen molar-refractivity contribution in [2.75, 3.05) is 23.4 Å². The molecule has 1 aromatic heterocycles. The fraction of sp³-hybridized carbons (Fsp3) is 0.333. The minimum absolute atomic E-state index is 0.406. The summed E-state index contributed by atoms with van der Waals surface area (Å²) in [4.78, 5) is 7.89. The van der Waals surface area contributed by atoms with Gasteiger partial charge in [-0.15, -0.1) is 18.2 Å². The molecule has 0 amide bonds. The molecule has 0 bridgehead atoms. The third-order valence-electron chi connectivity index (χ3n) is 1.47. The van der Waals surface area contributed by atoms with Crippen molar-refractivity contribution < 1.29 is 0 Å². The van der Waals surface area contributed by atoms with Crippen molar-refractivity contribution in [3.8, 4) is 12.3 Å². The van der Waals surface area contributed by atoms with E-state index in [0.717, 1.165) is 18.1 Å². The Morgan fingerprint density at radius 2 is 2.40 bits per heavy atom. The molecule has 1 aromatic rings. The molecular formula is C9H9BrClN3S. The molecule has 0 aliphatic heterocycles. The van der Waals surface area contributed by atoms with E-state index in [-0.39, 0.29) is 0 Å². The Labute approximate surface area is 107 Å². The highest BCUT2D eigenvalue weighted by Crippen LogP contribution is 2.25. The predicted molar refractivity (Wildman–Crippen MR) is 69.4 cm³/mol. The minimum atomic E-state index is 0.406. The molecule has 0 aliphatic rings. The van der Waals surface area contributed by atoms with Gasteiger partial charge in [-0.3, -0.25) is 0 Å². The Kier molecular flexibility index (Phi) is 5.84. The van der Waals surface area contributed by atoms with E-state index in [1.165, 1.54) is 6.33 Å². The van der Waals surface area contributed by atoms with Crippen molar-refractivity contribution in [3.63, 3.8) is 0 Å². The summed E-state index contributed by atoms with van der Waals surface area (Å²) >= 11 is 10.8. The van der Waals surface area contributed by atoms with Crippen LogP contribution in [-0.2, 0) is 0 Å². The lowest BCUT2D eigenvalue weighted by molar-refractivity contribution is 1.10. The van der Waals surface area contributed by atoms with E-state index in [2.05, 4.69) is 37.1 Å². The van der Waals surface area contributed by atoms with E-state index in [1.807, 2.05) is 0 Å². The third-order valence-corrected chi connectivity index (χ3v) is 3.60. The van der Waals surface area contributed by atoms with Crippen LogP contribution in [0.2, 0.25) is 5.15 Å². The molecule has 1 N–H and O–H groups in total. The predicted octanol–water partition coefficient (Wildman–Crippen LogP) is 2.67. The zero-order valence-corrected chi connectivity index (χ0v) is 11.0. The van der Waals surface area contributed by atoms with Crippen molar-refractivity contribution in [3.05, 3.63) is 16.0 Å². The van der Waals surface area contributed by atoms with Gasteiger partial charge in [0, 0.05) is 12.3 Å². The highest BCUT2D eigenvalue weighted by Gasteiger charge is 2.05. The van der Waals surface area contributed by atoms with Crippen LogP contribution >= 0.6 is 39.3 Å². The summed E-state index contributed by atoms with van der Waals surface area (Å²) in [5.41, 5.74) is 0. The van der Waals surface area contributed by atoms with E-state index in [0.29, 0.717) is 15.4 Å². The van der Waals surface area contributed by atoms with Gasteiger partial charge in [0.25, 0.3) is 0 Å². The Bertz CT molecular complexity index is 367. The maximum atomic E-state index is 5.81. The van der Waals surface area contributed by atoms with Crippen LogP contribution in [0.15, 0.2) is 10.8 Å². The summed E-state index contributed by atoms with van der Waals surface area (Å²) in [7, 11) is 0. The number of nitrogens with zero attached hydrogens (tertiary/aromatic N) is 2. The highest BCUT2D eigenvalue weighted by molar-refractivity contribution is 9.10. The second-order valence-corrected chi connectivity index (χ2v) is 4.77. The number of thioether (sulfide) groups is 1. The molecule has 0 saturated heterocycles. The van der Waals surface area contributed by atoms with Crippen LogP contribution in [0.3, 0.4) is 0 Å². The highest BCUT2D eigenvalue weighted by atomic mass is 79.9. The van der Waals surface area contributed by atoms with Gasteiger partial charge in [0.2, 0.25) is 0 Å². The molecule has 80 valence electrons. The van der Waals surface area contributed by atoms with Crippen molar-refractivity contribution in [1.29, 1.82) is 0 Å². The number of nitrogens with one attached hydrogen (secondary N) is 1. The van der Waals surface area contributed by atoms with Gasteiger partial charge >= 0.3 is 0 Å². The second kappa shape index (κ2) is 6.94. The number of terminal acetylenes is 1. The number of aromatic nitrogens is 2. The number of hydrogen-bond acceptors (Lipinski definition) is 4. The number of hydrogen-bond donors (Lipinski definition) is 1. The van der Waals surface area contributed by atoms with Gasteiger partial charge in [-0.25, -0.2) is 9.97 Å². The SMILES string of the molecule is C#CCSCCNc1ncnc(Cl)c1Br. The molecule has 0 radical (unpaired) electrons. The molecule has 0 atom stereocenters. The summed E-state index contributed by atoms with van der Waals surface area (Å²) in [5, 5.41) is 3.55. The Morgan fingerprint density at radius 3 is 3.13 bits per heavy atom. The smallest absolute Gasteiger partial charge is 0.148 e. The average molecular weight is 307 g/mol. The summed E-state index contributed by atoms with van der Waals surface area (Å²) < 4.78 is 0.689. The quantitative estimate of drug-likeness (QED) is 0.516. The maximum absolute atomic E-state index is 5.81. The van der Waals surface area contributed by atoms with Gasteiger partial charge in [0.15, 0.2) is 0 Å². The topological polar surface area (TPSA) is 37.8 Å². The van der Waals surface area contributed by atoms with Crippen molar-refractivity contribution in [2.45, 2.75) is 0 Å². The van der Waals surface area contributed by atoms with E-state index in [1.54, 1.807) is 11.8 Å². The first-order valence-electron chi connectivity index (χ1n) is 4.16. The van der Waals surface area contributed by atoms with E-state index >= 15 is 0 Å². The lowest BCUT2D eigenvalue weighted by atomic mass is 10.5. The Morgan fingerprint density at radius 1 is 1.60 bits per heavy atom. The van der Waals surface area contributed by atoms with Crippen LogP contribution in [0.4, 0.5) is 5.82 Å². The zero-order valence-electron chi connectivity index (χ0n) is 7.83. The first-order valence-corrected chi connectivity index (χ1v) is 6.49. The standard InChI is InChI=1S/C9H9BrClN3S/c1-2-4-15-5-3-12-9-7(10)8(11)13-6-14-9/h1,6H,3-5H2,(H,12,13,14). The number of rotatable bonds is 5. The lowest BCUT2D eigenvalue weighted by Gasteiger charge is -2.06. The molecule has 6 heteroatoms. The first kappa shape index (κ1) is 12.6. The summed E-state index contributed by atoms with van der Waals surface area (Å²) in [6, 6.07) is 0. The third kappa shape index (κ3) is 4.29. The molecule has 0 unspecified atom stereocenters. The van der Waals surface area contributed by atoms with Gasteiger partial charge in [0.1, 0.15) is 17.3 Å². The summed E-state index contributed by atoms with van der Waals surface area (Å²) in [6.45, 7) is 0.790. The van der Waals surface area contributed by atoms with E-state index < -0.39 is 0 Å². The monoisotopic (exact) mass is 305 g/mol. The lowest BCUT2D eigenvalue weighted by Crippen LogP contribution is -2.07. The molecule has 3 nitrogen and oxygen atoms in total. The van der Waals surface area contributed by atoms with Crippen LogP contribution in [-0.4, -0.2) is 28.0 Å². The van der Waals surface area contributed by atoms with Crippen LogP contribution in [0.5, 0.6) is 0 Å². The van der Waals surface area contributed by atoms with E-state index in [9.17, 15) is 0 Å². The number of halogens is 2. The van der Waals surface area contributed by atoms with Crippen LogP contribution in [0.25, 0.3) is 0 Å². The molecule has 0 spiro atoms. The largest absolute Gasteiger partial charge is 0.368 e. The molecule has 15 heavy (non-hydrogen) atoms. The maximum Gasteiger partial charge on any atom is 0.148 e. The Hall–Kier alpha value is -0.440. The zero-order chi connectivity index (χ0) is 11.1. The van der Waals surface area contributed by atoms with Gasteiger partial charge in [-0.05, 0) is 15.9 Å². The van der Waals surface area contributed by atoms with Crippen LogP contribution in [0.1, 0.15) is 0 Å². The molecule has 0 aromatic carbocycles. The molecule has 0 fully saturated rings. The fourth-order valence-electron chi connectivity index (χ4n) is 0.844. The molecule has 1 rings (SSSR count). The normalized spacial score (nSPS) is 9.67. The van der Waals surface area contributed by atoms with Gasteiger partial charge in [0.05, 0.1) is 10.2 Å². The van der Waals surface area contributed by atoms with Gasteiger partial charge in [-0.2, -0.15) is 0 Å². The minimum Gasteiger partial charge on any atom is -0.368 e. The van der Waals surface area contributed by atoms with Gasteiger partial charge < -0.3 is 5.32 Å². The molecule has 0 aliphatic carbocycles. The molecule has 1 heterocycles.